The molecule has 20 heavy (non-hydrogen) atoms. The Morgan fingerprint density at radius 2 is 2.00 bits per heavy atom. The number of aryl methyl sites for hydroxylation is 2. The third kappa shape index (κ3) is 2.33. The minimum absolute atomic E-state index is 0.0694. The first kappa shape index (κ1) is 14.3. The Bertz CT molecular complexity index is 729. The van der Waals surface area contributed by atoms with Crippen LogP contribution in [0.4, 0.5) is 0 Å². The van der Waals surface area contributed by atoms with Crippen LogP contribution in [0.3, 0.4) is 0 Å². The number of hydrogen-bond donors (Lipinski definition) is 2. The summed E-state index contributed by atoms with van der Waals surface area (Å²) in [5, 5.41) is 9.83. The van der Waals surface area contributed by atoms with Crippen molar-refractivity contribution in [1.29, 1.82) is 0 Å². The van der Waals surface area contributed by atoms with E-state index in [1.54, 1.807) is 19.1 Å². The summed E-state index contributed by atoms with van der Waals surface area (Å²) >= 11 is 0. The maximum atomic E-state index is 12.5. The monoisotopic (exact) mass is 273 g/mol. The molecule has 1 aromatic heterocycles. The quantitative estimate of drug-likeness (QED) is 0.899. The van der Waals surface area contributed by atoms with Crippen LogP contribution in [-0.4, -0.2) is 16.1 Å². The average Bonchev–Trinajstić information content (AvgIpc) is 2.43. The third-order valence-corrected chi connectivity index (χ3v) is 3.65. The van der Waals surface area contributed by atoms with Gasteiger partial charge in [-0.2, -0.15) is 0 Å². The van der Waals surface area contributed by atoms with Gasteiger partial charge in [0.25, 0.3) is 0 Å². The van der Waals surface area contributed by atoms with E-state index in [1.807, 2.05) is 13.8 Å². The Kier molecular flexibility index (Phi) is 3.93. The highest BCUT2D eigenvalue weighted by Gasteiger charge is 2.15. The van der Waals surface area contributed by atoms with Crippen molar-refractivity contribution >= 4 is 16.9 Å². The van der Waals surface area contributed by atoms with Gasteiger partial charge >= 0.3 is 5.97 Å². The molecule has 0 atom stereocenters. The van der Waals surface area contributed by atoms with Crippen LogP contribution in [-0.2, 0) is 12.8 Å². The lowest BCUT2D eigenvalue weighted by atomic mass is 10.00. The first-order valence-corrected chi connectivity index (χ1v) is 6.91. The van der Waals surface area contributed by atoms with Crippen molar-refractivity contribution in [3.05, 3.63) is 44.7 Å². The number of aromatic amines is 1. The van der Waals surface area contributed by atoms with Crippen molar-refractivity contribution in [1.82, 2.24) is 4.98 Å². The number of aromatic nitrogens is 1. The van der Waals surface area contributed by atoms with Gasteiger partial charge in [-0.3, -0.25) is 4.79 Å². The maximum absolute atomic E-state index is 12.5. The van der Waals surface area contributed by atoms with Crippen molar-refractivity contribution in [2.24, 2.45) is 0 Å². The van der Waals surface area contributed by atoms with Crippen LogP contribution in [0.1, 0.15) is 47.4 Å². The van der Waals surface area contributed by atoms with Gasteiger partial charge in [0.15, 0.2) is 5.43 Å². The molecule has 2 rings (SSSR count). The summed E-state index contributed by atoms with van der Waals surface area (Å²) in [4.78, 5) is 27.0. The number of nitrogens with one attached hydrogen (secondary N) is 1. The van der Waals surface area contributed by atoms with Crippen molar-refractivity contribution in [3.8, 4) is 0 Å². The van der Waals surface area contributed by atoms with Gasteiger partial charge in [-0.1, -0.05) is 20.3 Å². The van der Waals surface area contributed by atoms with Crippen LogP contribution >= 0.6 is 0 Å². The zero-order valence-corrected chi connectivity index (χ0v) is 12.0. The topological polar surface area (TPSA) is 70.2 Å². The molecule has 0 radical (unpaired) electrons. The van der Waals surface area contributed by atoms with Crippen molar-refractivity contribution in [3.63, 3.8) is 0 Å². The molecule has 0 spiro atoms. The number of hydrogen-bond acceptors (Lipinski definition) is 2. The van der Waals surface area contributed by atoms with Gasteiger partial charge < -0.3 is 10.1 Å². The number of H-pyrrole nitrogens is 1. The predicted molar refractivity (Wildman–Crippen MR) is 79.6 cm³/mol. The summed E-state index contributed by atoms with van der Waals surface area (Å²) in [6.45, 7) is 5.77. The molecule has 0 amide bonds. The van der Waals surface area contributed by atoms with E-state index in [0.717, 1.165) is 24.1 Å². The number of aromatic carboxylic acids is 1. The van der Waals surface area contributed by atoms with Crippen molar-refractivity contribution < 1.29 is 9.90 Å². The summed E-state index contributed by atoms with van der Waals surface area (Å²) in [5.74, 6) is -1.01. The van der Waals surface area contributed by atoms with Gasteiger partial charge in [-0.25, -0.2) is 4.79 Å². The second kappa shape index (κ2) is 5.49. The number of pyridine rings is 1. The fourth-order valence-electron chi connectivity index (χ4n) is 2.47. The Balaban J connectivity index is 2.90. The number of carboxylic acid groups (broad SMARTS) is 1. The van der Waals surface area contributed by atoms with E-state index >= 15 is 0 Å². The summed E-state index contributed by atoms with van der Waals surface area (Å²) in [7, 11) is 0. The molecule has 0 saturated heterocycles. The molecule has 0 aliphatic carbocycles. The number of carboxylic acids is 1. The molecule has 0 unspecified atom stereocenters. The molecule has 2 aromatic rings. The summed E-state index contributed by atoms with van der Waals surface area (Å²) in [6, 6.07) is 3.44. The number of benzene rings is 1. The molecule has 2 N–H and O–H groups in total. The highest BCUT2D eigenvalue weighted by molar-refractivity contribution is 6.02. The molecular weight excluding hydrogens is 254 g/mol. The Hall–Kier alpha value is -2.10. The normalized spacial score (nSPS) is 10.9. The summed E-state index contributed by atoms with van der Waals surface area (Å²) < 4.78 is 0. The van der Waals surface area contributed by atoms with E-state index in [-0.39, 0.29) is 11.0 Å². The molecule has 0 bridgehead atoms. The van der Waals surface area contributed by atoms with Gasteiger partial charge in [0, 0.05) is 16.6 Å². The first-order valence-electron chi connectivity index (χ1n) is 6.91. The highest BCUT2D eigenvalue weighted by atomic mass is 16.4. The van der Waals surface area contributed by atoms with E-state index < -0.39 is 5.97 Å². The fourth-order valence-corrected chi connectivity index (χ4v) is 2.47. The summed E-state index contributed by atoms with van der Waals surface area (Å²) in [6.07, 6.45) is 2.34. The molecule has 1 heterocycles. The lowest BCUT2D eigenvalue weighted by molar-refractivity contribution is 0.0698. The Morgan fingerprint density at radius 3 is 2.55 bits per heavy atom. The minimum atomic E-state index is -1.01. The van der Waals surface area contributed by atoms with Crippen LogP contribution < -0.4 is 5.43 Å². The molecule has 4 heteroatoms. The van der Waals surface area contributed by atoms with Gasteiger partial charge in [0.2, 0.25) is 0 Å². The number of carbonyl (C=O) groups is 1. The maximum Gasteiger partial charge on any atom is 0.337 e. The van der Waals surface area contributed by atoms with Gasteiger partial charge in [0.1, 0.15) is 0 Å². The lowest BCUT2D eigenvalue weighted by Gasteiger charge is -2.11. The van der Waals surface area contributed by atoms with E-state index in [9.17, 15) is 14.7 Å². The van der Waals surface area contributed by atoms with Crippen molar-refractivity contribution in [2.45, 2.75) is 40.0 Å². The SMILES string of the molecule is CCCc1[nH]c2c(C(=O)O)cc(CC)cc2c(=O)c1C. The van der Waals surface area contributed by atoms with E-state index in [0.29, 0.717) is 22.9 Å². The zero-order chi connectivity index (χ0) is 14.9. The van der Waals surface area contributed by atoms with Crippen LogP contribution in [0.2, 0.25) is 0 Å². The van der Waals surface area contributed by atoms with Crippen LogP contribution in [0.15, 0.2) is 16.9 Å². The number of rotatable bonds is 4. The second-order valence-corrected chi connectivity index (χ2v) is 5.03. The molecule has 0 aliphatic rings. The highest BCUT2D eigenvalue weighted by Crippen LogP contribution is 2.20. The third-order valence-electron chi connectivity index (χ3n) is 3.65. The van der Waals surface area contributed by atoms with E-state index in [2.05, 4.69) is 4.98 Å². The molecule has 0 fully saturated rings. The predicted octanol–water partition coefficient (Wildman–Crippen LogP) is 3.05. The zero-order valence-electron chi connectivity index (χ0n) is 12.0. The van der Waals surface area contributed by atoms with Crippen LogP contribution in [0.25, 0.3) is 10.9 Å². The second-order valence-electron chi connectivity index (χ2n) is 5.03. The number of fused-ring (bicyclic) bond motifs is 1. The molecule has 1 aromatic carbocycles. The average molecular weight is 273 g/mol. The first-order chi connectivity index (χ1) is 9.49. The largest absolute Gasteiger partial charge is 0.478 e. The Labute approximate surface area is 117 Å². The van der Waals surface area contributed by atoms with Crippen LogP contribution in [0, 0.1) is 6.92 Å². The minimum Gasteiger partial charge on any atom is -0.478 e. The molecule has 0 saturated carbocycles. The van der Waals surface area contributed by atoms with Crippen molar-refractivity contribution in [2.75, 3.05) is 0 Å². The molecule has 0 aliphatic heterocycles. The fraction of sp³-hybridized carbons (Fsp3) is 0.375. The molecular formula is C16H19NO3. The van der Waals surface area contributed by atoms with E-state index in [1.165, 1.54) is 0 Å². The summed E-state index contributed by atoms with van der Waals surface area (Å²) in [5.41, 5.74) is 2.92. The van der Waals surface area contributed by atoms with Crippen LogP contribution in [0.5, 0.6) is 0 Å². The lowest BCUT2D eigenvalue weighted by Crippen LogP contribution is -2.14. The van der Waals surface area contributed by atoms with Gasteiger partial charge in [0.05, 0.1) is 11.1 Å². The van der Waals surface area contributed by atoms with Gasteiger partial charge in [-0.15, -0.1) is 0 Å². The smallest absolute Gasteiger partial charge is 0.337 e. The molecule has 106 valence electrons. The van der Waals surface area contributed by atoms with E-state index in [4.69, 9.17) is 0 Å². The standard InChI is InChI=1S/C16H19NO3/c1-4-6-13-9(3)15(18)11-7-10(5-2)8-12(16(19)20)14(11)17-13/h7-8H,4-6H2,1-3H3,(H,17,18)(H,19,20). The Morgan fingerprint density at radius 1 is 1.30 bits per heavy atom. The van der Waals surface area contributed by atoms with Gasteiger partial charge in [-0.05, 0) is 37.5 Å². The molecule has 4 nitrogen and oxygen atoms in total.